The minimum absolute atomic E-state index is 0.00174. The molecule has 1 aromatic carbocycles. The van der Waals surface area contributed by atoms with Crippen LogP contribution in [0.2, 0.25) is 0 Å². The van der Waals surface area contributed by atoms with Crippen molar-refractivity contribution in [1.29, 1.82) is 0 Å². The quantitative estimate of drug-likeness (QED) is 0.0396. The molecule has 0 fully saturated rings. The van der Waals surface area contributed by atoms with Gasteiger partial charge in [0.2, 0.25) is 35.4 Å². The van der Waals surface area contributed by atoms with Crippen LogP contribution >= 0.6 is 0 Å². The molecule has 292 valence electrons. The predicted molar refractivity (Wildman–Crippen MR) is 193 cm³/mol. The van der Waals surface area contributed by atoms with Gasteiger partial charge in [0.15, 0.2) is 0 Å². The number of aliphatic hydroxyl groups excluding tert-OH is 1. The van der Waals surface area contributed by atoms with Gasteiger partial charge in [-0.3, -0.25) is 28.8 Å². The van der Waals surface area contributed by atoms with Crippen LogP contribution in [-0.4, -0.2) is 122 Å². The van der Waals surface area contributed by atoms with Gasteiger partial charge in [0, 0.05) is 13.1 Å². The first-order valence-corrected chi connectivity index (χ1v) is 17.2. The second kappa shape index (κ2) is 23.8. The summed E-state index contributed by atoms with van der Waals surface area (Å²) in [6, 6.07) is 2.53. The first-order chi connectivity index (χ1) is 24.6. The normalized spacial score (nSPS) is 15.1. The van der Waals surface area contributed by atoms with Gasteiger partial charge in [0.1, 0.15) is 24.4 Å². The number of nitrogens with two attached hydrogens (primary N) is 5. The number of hydrogen-bond donors (Lipinski definition) is 12. The molecular weight excluding hydrogens is 678 g/mol. The molecule has 0 saturated heterocycles. The number of aryl methyl sites for hydroxylation is 1. The minimum Gasteiger partial charge on any atom is -0.391 e. The highest BCUT2D eigenvalue weighted by molar-refractivity contribution is 5.94. The van der Waals surface area contributed by atoms with Crippen LogP contribution < -0.4 is 60.6 Å². The summed E-state index contributed by atoms with van der Waals surface area (Å²) in [5, 5.41) is 25.8. The second-order valence-electron chi connectivity index (χ2n) is 12.5. The molecule has 0 radical (unpaired) electrons. The molecule has 52 heavy (non-hydrogen) atoms. The molecule has 0 bridgehead atoms. The van der Waals surface area contributed by atoms with Crippen molar-refractivity contribution in [3.63, 3.8) is 0 Å². The van der Waals surface area contributed by atoms with Gasteiger partial charge in [-0.05, 0) is 69.8 Å². The number of primary amides is 1. The molecule has 19 heteroatoms. The van der Waals surface area contributed by atoms with Gasteiger partial charge in [-0.1, -0.05) is 31.2 Å². The predicted octanol–water partition coefficient (Wildman–Crippen LogP) is -5.36. The van der Waals surface area contributed by atoms with E-state index in [4.69, 9.17) is 28.7 Å². The van der Waals surface area contributed by atoms with Crippen molar-refractivity contribution in [2.24, 2.45) is 28.7 Å². The maximum atomic E-state index is 13.5. The van der Waals surface area contributed by atoms with Crippen molar-refractivity contribution < 1.29 is 38.7 Å². The molecule has 0 aliphatic heterocycles. The van der Waals surface area contributed by atoms with E-state index < -0.39 is 77.8 Å². The third-order valence-corrected chi connectivity index (χ3v) is 8.03. The minimum atomic E-state index is -1.44. The van der Waals surface area contributed by atoms with E-state index in [1.807, 2.05) is 25.1 Å². The number of aliphatic hydroxyl groups is 1. The number of carbonyl (C=O) groups excluding carboxylic acids is 7. The smallest absolute Gasteiger partial charge is 0.245 e. The highest BCUT2D eigenvalue weighted by Crippen LogP contribution is 2.08. The van der Waals surface area contributed by atoms with Gasteiger partial charge in [-0.2, -0.15) is 0 Å². The van der Waals surface area contributed by atoms with Crippen molar-refractivity contribution >= 4 is 41.7 Å². The van der Waals surface area contributed by atoms with Crippen LogP contribution in [0.3, 0.4) is 0 Å². The van der Waals surface area contributed by atoms with Gasteiger partial charge in [0.25, 0.3) is 0 Å². The van der Waals surface area contributed by atoms with Gasteiger partial charge < -0.3 is 70.5 Å². The van der Waals surface area contributed by atoms with Crippen LogP contribution in [-0.2, 0) is 46.4 Å². The van der Waals surface area contributed by atoms with Crippen LogP contribution in [0.25, 0.3) is 0 Å². The summed E-state index contributed by atoms with van der Waals surface area (Å²) in [5.41, 5.74) is 28.4. The van der Waals surface area contributed by atoms with Crippen molar-refractivity contribution in [2.45, 2.75) is 88.2 Å². The lowest BCUT2D eigenvalue weighted by Gasteiger charge is -2.28. The lowest BCUT2D eigenvalue weighted by atomic mass is 9.97. The third kappa shape index (κ3) is 16.7. The fourth-order valence-corrected chi connectivity index (χ4v) is 5.04. The summed E-state index contributed by atoms with van der Waals surface area (Å²) in [4.78, 5) is 88.2. The Morgan fingerprint density at radius 1 is 0.827 bits per heavy atom. The number of hydrogen-bond acceptors (Lipinski definition) is 13. The summed E-state index contributed by atoms with van der Waals surface area (Å²) < 4.78 is 0. The van der Waals surface area contributed by atoms with Crippen molar-refractivity contribution in [3.05, 3.63) is 35.4 Å². The molecule has 19 nitrogen and oxygen atoms in total. The lowest BCUT2D eigenvalue weighted by Crippen LogP contribution is -2.60. The Morgan fingerprint density at radius 3 is 2.02 bits per heavy atom. The van der Waals surface area contributed by atoms with Crippen molar-refractivity contribution in [2.75, 3.05) is 39.3 Å². The molecule has 0 aliphatic rings. The first-order valence-electron chi connectivity index (χ1n) is 17.2. The summed E-state index contributed by atoms with van der Waals surface area (Å²) in [5.74, 6) is -4.28. The van der Waals surface area contributed by atoms with Crippen LogP contribution in [0.4, 0.5) is 0 Å². The van der Waals surface area contributed by atoms with Crippen LogP contribution in [0.5, 0.6) is 0 Å². The number of aldehydes is 1. The Bertz CT molecular complexity index is 1350. The molecule has 0 aromatic heterocycles. The lowest BCUT2D eigenvalue weighted by molar-refractivity contribution is -0.133. The van der Waals surface area contributed by atoms with E-state index in [0.717, 1.165) is 12.0 Å². The topological polar surface area (TPSA) is 342 Å². The average molecular weight is 736 g/mol. The van der Waals surface area contributed by atoms with Gasteiger partial charge in [-0.15, -0.1) is 0 Å². The average Bonchev–Trinajstić information content (AvgIpc) is 3.10. The number of rotatable bonds is 26. The Kier molecular flexibility index (Phi) is 20.9. The fraction of sp³-hybridized carbons (Fsp3) is 0.606. The molecule has 0 spiro atoms. The first kappa shape index (κ1) is 45.5. The standard InChI is InChI=1S/C33H57N11O8/c1-3-21-5-4-6-22(15-21)16-27(48)42-25(31(51)43-24(8-12-35)29(49)40-17-26(37)47)9-14-39-32(52)28(20(2)46)44-30(50)23(7-11-34)41-18-33(38,19-45)10-13-36/h4-6,15,19-20,23-25,28,41,46H,3,7-14,16-18,34-36,38H2,1-2H3,(H2,37,47)(H,39,52)(H,40,49)(H,42,48)(H,43,51)(H,44,50)/t20-,23+,24+,25+,28+,33+/m1/s1. The molecule has 0 saturated carbocycles. The van der Waals surface area contributed by atoms with Gasteiger partial charge in [0.05, 0.1) is 30.7 Å². The monoisotopic (exact) mass is 735 g/mol. The number of benzene rings is 1. The van der Waals surface area contributed by atoms with Crippen LogP contribution in [0.1, 0.15) is 50.7 Å². The summed E-state index contributed by atoms with van der Waals surface area (Å²) in [6.45, 7) is 2.69. The Hall–Kier alpha value is -4.53. The zero-order valence-corrected chi connectivity index (χ0v) is 30.0. The summed E-state index contributed by atoms with van der Waals surface area (Å²) in [6.07, 6.45) is -0.0366. The molecular formula is C33H57N11O8. The SMILES string of the molecule is CCc1cccc(CC(=O)N[C@@H](CCNC(=O)[C@@H](NC(=O)[C@H](CCN)NC[C@](N)(C=O)CCN)[C@@H](C)O)C(=O)N[C@@H](CCN)C(=O)NCC(N)=O)c1. The molecule has 6 atom stereocenters. The Labute approximate surface area is 303 Å². The van der Waals surface area contributed by atoms with E-state index in [1.54, 1.807) is 6.07 Å². The van der Waals surface area contributed by atoms with Crippen LogP contribution in [0.15, 0.2) is 24.3 Å². The number of nitrogens with one attached hydrogen (secondary N) is 6. The van der Waals surface area contributed by atoms with E-state index in [-0.39, 0.29) is 64.8 Å². The van der Waals surface area contributed by atoms with Gasteiger partial charge >= 0.3 is 0 Å². The fourth-order valence-electron chi connectivity index (χ4n) is 5.04. The zero-order valence-electron chi connectivity index (χ0n) is 30.0. The Morgan fingerprint density at radius 2 is 1.44 bits per heavy atom. The van der Waals surface area contributed by atoms with E-state index in [0.29, 0.717) is 11.8 Å². The zero-order chi connectivity index (χ0) is 39.3. The maximum absolute atomic E-state index is 13.5. The summed E-state index contributed by atoms with van der Waals surface area (Å²) >= 11 is 0. The van der Waals surface area contributed by atoms with E-state index in [9.17, 15) is 38.7 Å². The maximum Gasteiger partial charge on any atom is 0.245 e. The molecule has 6 amide bonds. The molecule has 1 aromatic rings. The third-order valence-electron chi connectivity index (χ3n) is 8.03. The van der Waals surface area contributed by atoms with Crippen molar-refractivity contribution in [3.8, 4) is 0 Å². The molecule has 0 heterocycles. The molecule has 1 rings (SSSR count). The van der Waals surface area contributed by atoms with E-state index in [2.05, 4.69) is 31.9 Å². The van der Waals surface area contributed by atoms with Crippen molar-refractivity contribution in [1.82, 2.24) is 31.9 Å². The van der Waals surface area contributed by atoms with Gasteiger partial charge in [-0.25, -0.2) is 0 Å². The van der Waals surface area contributed by atoms with E-state index >= 15 is 0 Å². The van der Waals surface area contributed by atoms with E-state index in [1.165, 1.54) is 6.92 Å². The Balaban J connectivity index is 3.10. The highest BCUT2D eigenvalue weighted by Gasteiger charge is 2.32. The number of carbonyl (C=O) groups is 7. The molecule has 0 aliphatic carbocycles. The molecule has 17 N–H and O–H groups in total. The molecule has 0 unspecified atom stereocenters. The van der Waals surface area contributed by atoms with Crippen LogP contribution in [0, 0.1) is 0 Å². The number of amides is 6. The highest BCUT2D eigenvalue weighted by atomic mass is 16.3. The second-order valence-corrected chi connectivity index (χ2v) is 12.5. The largest absolute Gasteiger partial charge is 0.391 e. The summed E-state index contributed by atoms with van der Waals surface area (Å²) in [7, 11) is 0.